The molecule has 20 heavy (non-hydrogen) atoms. The van der Waals surface area contributed by atoms with Crippen LogP contribution in [-0.2, 0) is 9.59 Å². The van der Waals surface area contributed by atoms with Crippen LogP contribution in [0.3, 0.4) is 0 Å². The molecule has 0 aliphatic carbocycles. The van der Waals surface area contributed by atoms with Gasteiger partial charge in [-0.05, 0) is 31.0 Å². The van der Waals surface area contributed by atoms with Crippen LogP contribution >= 0.6 is 0 Å². The van der Waals surface area contributed by atoms with Crippen LogP contribution in [-0.4, -0.2) is 17.0 Å². The quantitative estimate of drug-likeness (QED) is 0.811. The molecule has 0 aromatic heterocycles. The van der Waals surface area contributed by atoms with Crippen molar-refractivity contribution in [1.82, 2.24) is 0 Å². The van der Waals surface area contributed by atoms with E-state index in [0.29, 0.717) is 11.3 Å². The van der Waals surface area contributed by atoms with Crippen LogP contribution in [0.5, 0.6) is 0 Å². The van der Waals surface area contributed by atoms with Gasteiger partial charge in [-0.25, -0.2) is 0 Å². The van der Waals surface area contributed by atoms with E-state index in [1.54, 1.807) is 45.0 Å². The van der Waals surface area contributed by atoms with Gasteiger partial charge in [0.05, 0.1) is 5.41 Å². The summed E-state index contributed by atoms with van der Waals surface area (Å²) in [5.74, 6) is 1.02. The maximum atomic E-state index is 12.0. The van der Waals surface area contributed by atoms with E-state index in [0.717, 1.165) is 0 Å². The summed E-state index contributed by atoms with van der Waals surface area (Å²) in [5.41, 5.74) is 0.142. The minimum absolute atomic E-state index is 0.0831. The Morgan fingerprint density at radius 2 is 2.10 bits per heavy atom. The van der Waals surface area contributed by atoms with E-state index in [1.165, 1.54) is 0 Å². The molecule has 0 bridgehead atoms. The van der Waals surface area contributed by atoms with Crippen LogP contribution in [0.1, 0.15) is 32.8 Å². The molecule has 1 aromatic carbocycles. The third-order valence-electron chi connectivity index (χ3n) is 3.60. The number of rotatable bonds is 5. The number of anilines is 1. The van der Waals surface area contributed by atoms with Crippen molar-refractivity contribution in [3.8, 4) is 12.3 Å². The highest BCUT2D eigenvalue weighted by Gasteiger charge is 2.38. The number of nitrogens with one attached hydrogen (secondary N) is 1. The number of benzene rings is 1. The van der Waals surface area contributed by atoms with Crippen LogP contribution in [0.2, 0.25) is 0 Å². The normalized spacial score (nSPS) is 13.3. The lowest BCUT2D eigenvalue weighted by Crippen LogP contribution is -2.37. The van der Waals surface area contributed by atoms with Crippen molar-refractivity contribution in [2.45, 2.75) is 27.2 Å². The summed E-state index contributed by atoms with van der Waals surface area (Å²) in [6, 6.07) is 6.88. The minimum atomic E-state index is -1.09. The van der Waals surface area contributed by atoms with Gasteiger partial charge in [-0.1, -0.05) is 25.8 Å². The van der Waals surface area contributed by atoms with Gasteiger partial charge in [0.1, 0.15) is 0 Å². The molecule has 106 valence electrons. The molecule has 1 rings (SSSR count). The van der Waals surface area contributed by atoms with E-state index in [2.05, 4.69) is 11.2 Å². The fraction of sp³-hybridized carbons (Fsp3) is 0.375. The maximum absolute atomic E-state index is 12.0. The average Bonchev–Trinajstić information content (AvgIpc) is 2.38. The Labute approximate surface area is 119 Å². The number of carbonyl (C=O) groups is 2. The Hall–Kier alpha value is -2.28. The van der Waals surface area contributed by atoms with Gasteiger partial charge in [0.15, 0.2) is 0 Å². The molecule has 4 nitrogen and oxygen atoms in total. The number of hydrogen-bond donors (Lipinski definition) is 2. The smallest absolute Gasteiger partial charge is 0.310 e. The summed E-state index contributed by atoms with van der Waals surface area (Å²) >= 11 is 0. The summed E-state index contributed by atoms with van der Waals surface area (Å²) in [6.07, 6.45) is 5.21. The predicted molar refractivity (Wildman–Crippen MR) is 78.2 cm³/mol. The van der Waals surface area contributed by atoms with E-state index in [9.17, 15) is 14.7 Å². The Morgan fingerprint density at radius 1 is 1.45 bits per heavy atom. The molecule has 4 heteroatoms. The summed E-state index contributed by atoms with van der Waals surface area (Å²) < 4.78 is 0. The largest absolute Gasteiger partial charge is 0.481 e. The summed E-state index contributed by atoms with van der Waals surface area (Å²) in [6.45, 7) is 5.16. The first-order valence-electron chi connectivity index (χ1n) is 6.39. The van der Waals surface area contributed by atoms with Gasteiger partial charge in [0.25, 0.3) is 0 Å². The second-order valence-corrected chi connectivity index (χ2v) is 5.33. The maximum Gasteiger partial charge on any atom is 0.310 e. The van der Waals surface area contributed by atoms with E-state index >= 15 is 0 Å². The average molecular weight is 273 g/mol. The number of carboxylic acid groups (broad SMARTS) is 1. The zero-order valence-electron chi connectivity index (χ0n) is 11.9. The first-order chi connectivity index (χ1) is 9.29. The Balaban J connectivity index is 2.81. The van der Waals surface area contributed by atoms with E-state index in [4.69, 9.17) is 6.42 Å². The summed E-state index contributed by atoms with van der Waals surface area (Å²) in [4.78, 5) is 23.4. The summed E-state index contributed by atoms with van der Waals surface area (Å²) in [7, 11) is 0. The van der Waals surface area contributed by atoms with Gasteiger partial charge in [-0.3, -0.25) is 9.59 Å². The van der Waals surface area contributed by atoms with Gasteiger partial charge >= 0.3 is 5.97 Å². The van der Waals surface area contributed by atoms with Gasteiger partial charge in [-0.2, -0.15) is 0 Å². The minimum Gasteiger partial charge on any atom is -0.481 e. The Morgan fingerprint density at radius 3 is 2.60 bits per heavy atom. The van der Waals surface area contributed by atoms with Crippen LogP contribution in [0.25, 0.3) is 0 Å². The van der Waals surface area contributed by atoms with Gasteiger partial charge in [0.2, 0.25) is 5.91 Å². The van der Waals surface area contributed by atoms with Crippen molar-refractivity contribution in [3.63, 3.8) is 0 Å². The third-order valence-corrected chi connectivity index (χ3v) is 3.60. The second kappa shape index (κ2) is 6.25. The standard InChI is InChI=1S/C16H19NO3/c1-5-12-7-6-8-13(9-12)17-14(18)10-16(4,11(2)3)15(19)20/h1,6-9,11H,10H2,2-4H3,(H,17,18)(H,19,20). The fourth-order valence-electron chi connectivity index (χ4n) is 1.75. The number of terminal acetylenes is 1. The molecule has 2 N–H and O–H groups in total. The van der Waals surface area contributed by atoms with E-state index < -0.39 is 11.4 Å². The van der Waals surface area contributed by atoms with E-state index in [-0.39, 0.29) is 18.2 Å². The monoisotopic (exact) mass is 273 g/mol. The van der Waals surface area contributed by atoms with Gasteiger partial charge in [0, 0.05) is 17.7 Å². The fourth-order valence-corrected chi connectivity index (χ4v) is 1.75. The SMILES string of the molecule is C#Cc1cccc(NC(=O)CC(C)(C(=O)O)C(C)C)c1. The molecule has 0 radical (unpaired) electrons. The Kier molecular flexibility index (Phi) is 4.93. The molecule has 0 heterocycles. The Bertz CT molecular complexity index is 557. The third kappa shape index (κ3) is 3.61. The topological polar surface area (TPSA) is 66.4 Å². The zero-order valence-corrected chi connectivity index (χ0v) is 11.9. The lowest BCUT2D eigenvalue weighted by molar-refractivity contribution is -0.153. The number of aliphatic carboxylic acids is 1. The van der Waals surface area contributed by atoms with Crippen LogP contribution in [0, 0.1) is 23.7 Å². The highest BCUT2D eigenvalue weighted by atomic mass is 16.4. The lowest BCUT2D eigenvalue weighted by atomic mass is 9.76. The van der Waals surface area contributed by atoms with Crippen molar-refractivity contribution < 1.29 is 14.7 Å². The summed E-state index contributed by atoms with van der Waals surface area (Å²) in [5, 5.41) is 12.0. The molecule has 1 aromatic rings. The first-order valence-corrected chi connectivity index (χ1v) is 6.39. The van der Waals surface area contributed by atoms with Crippen molar-refractivity contribution >= 4 is 17.6 Å². The number of hydrogen-bond acceptors (Lipinski definition) is 2. The highest BCUT2D eigenvalue weighted by molar-refractivity contribution is 5.94. The van der Waals surface area contributed by atoms with Crippen LogP contribution < -0.4 is 5.32 Å². The molecule has 0 aliphatic rings. The molecule has 0 saturated heterocycles. The first kappa shape index (κ1) is 15.8. The van der Waals surface area contributed by atoms with E-state index in [1.807, 2.05) is 0 Å². The van der Waals surface area contributed by atoms with Crippen molar-refractivity contribution in [2.24, 2.45) is 11.3 Å². The molecule has 1 atom stereocenters. The van der Waals surface area contributed by atoms with Gasteiger partial charge in [-0.15, -0.1) is 6.42 Å². The zero-order chi connectivity index (χ0) is 15.3. The molecule has 0 saturated carbocycles. The molecular weight excluding hydrogens is 254 g/mol. The molecular formula is C16H19NO3. The molecule has 0 aliphatic heterocycles. The number of carbonyl (C=O) groups excluding carboxylic acids is 1. The highest BCUT2D eigenvalue weighted by Crippen LogP contribution is 2.31. The lowest BCUT2D eigenvalue weighted by Gasteiger charge is -2.28. The number of carboxylic acids is 1. The number of amides is 1. The van der Waals surface area contributed by atoms with Crippen molar-refractivity contribution in [1.29, 1.82) is 0 Å². The van der Waals surface area contributed by atoms with Crippen LogP contribution in [0.4, 0.5) is 5.69 Å². The predicted octanol–water partition coefficient (Wildman–Crippen LogP) is 2.74. The molecule has 0 spiro atoms. The van der Waals surface area contributed by atoms with Crippen LogP contribution in [0.15, 0.2) is 24.3 Å². The molecule has 0 fully saturated rings. The molecule has 1 amide bonds. The van der Waals surface area contributed by atoms with Gasteiger partial charge < -0.3 is 10.4 Å². The molecule has 1 unspecified atom stereocenters. The van der Waals surface area contributed by atoms with Crippen molar-refractivity contribution in [3.05, 3.63) is 29.8 Å². The second-order valence-electron chi connectivity index (χ2n) is 5.33. The van der Waals surface area contributed by atoms with Crippen molar-refractivity contribution in [2.75, 3.05) is 5.32 Å².